The van der Waals surface area contributed by atoms with Gasteiger partial charge in [0.2, 0.25) is 0 Å². The molecule has 0 saturated carbocycles. The minimum Gasteiger partial charge on any atom is -0.493 e. The Morgan fingerprint density at radius 1 is 1.00 bits per heavy atom. The van der Waals surface area contributed by atoms with Crippen LogP contribution in [0.15, 0.2) is 60.7 Å². The van der Waals surface area contributed by atoms with E-state index in [0.29, 0.717) is 30.0 Å². The van der Waals surface area contributed by atoms with Gasteiger partial charge < -0.3 is 19.9 Å². The van der Waals surface area contributed by atoms with Crippen molar-refractivity contribution in [3.63, 3.8) is 0 Å². The van der Waals surface area contributed by atoms with Gasteiger partial charge in [0, 0.05) is 6.54 Å². The topological polar surface area (TPSA) is 67.8 Å². The number of aliphatic hydroxyl groups excluding tert-OH is 1. The predicted molar refractivity (Wildman–Crippen MR) is 105 cm³/mol. The van der Waals surface area contributed by atoms with Crippen molar-refractivity contribution in [2.45, 2.75) is 12.5 Å². The average molecular weight is 365 g/mol. The van der Waals surface area contributed by atoms with Gasteiger partial charge in [0.25, 0.3) is 5.91 Å². The Kier molecular flexibility index (Phi) is 5.94. The third-order valence-electron chi connectivity index (χ3n) is 4.53. The van der Waals surface area contributed by atoms with Gasteiger partial charge in [0.15, 0.2) is 11.5 Å². The van der Waals surface area contributed by atoms with Gasteiger partial charge in [-0.05, 0) is 34.9 Å². The van der Waals surface area contributed by atoms with E-state index in [4.69, 9.17) is 9.47 Å². The first-order chi connectivity index (χ1) is 13.2. The van der Waals surface area contributed by atoms with Crippen molar-refractivity contribution in [1.82, 2.24) is 5.32 Å². The van der Waals surface area contributed by atoms with Gasteiger partial charge in [-0.15, -0.1) is 0 Å². The standard InChI is InChI=1S/C22H23NO4/c1-26-20-12-6-11-18(21(20)27-2)22(25)23-14-13-19(24)17-10-5-8-15-7-3-4-9-16(15)17/h3-12,19,24H,13-14H2,1-2H3,(H,23,25). The molecule has 0 bridgehead atoms. The van der Waals surface area contributed by atoms with E-state index in [1.165, 1.54) is 14.2 Å². The third kappa shape index (κ3) is 4.04. The molecule has 0 spiro atoms. The van der Waals surface area contributed by atoms with E-state index < -0.39 is 6.10 Å². The molecule has 0 aromatic heterocycles. The molecule has 140 valence electrons. The second-order valence-electron chi connectivity index (χ2n) is 6.17. The Morgan fingerprint density at radius 3 is 2.52 bits per heavy atom. The summed E-state index contributed by atoms with van der Waals surface area (Å²) in [7, 11) is 3.03. The third-order valence-corrected chi connectivity index (χ3v) is 4.53. The van der Waals surface area contributed by atoms with Crippen LogP contribution in [0.4, 0.5) is 0 Å². The van der Waals surface area contributed by atoms with Crippen molar-refractivity contribution in [3.05, 3.63) is 71.8 Å². The van der Waals surface area contributed by atoms with Gasteiger partial charge in [0.1, 0.15) is 0 Å². The van der Waals surface area contributed by atoms with Crippen LogP contribution in [0.3, 0.4) is 0 Å². The van der Waals surface area contributed by atoms with Crippen LogP contribution in [0.25, 0.3) is 10.8 Å². The number of nitrogens with one attached hydrogen (secondary N) is 1. The zero-order valence-corrected chi connectivity index (χ0v) is 15.4. The highest BCUT2D eigenvalue weighted by atomic mass is 16.5. The summed E-state index contributed by atoms with van der Waals surface area (Å²) in [6.07, 6.45) is -0.255. The monoisotopic (exact) mass is 365 g/mol. The molecule has 27 heavy (non-hydrogen) atoms. The molecular weight excluding hydrogens is 342 g/mol. The number of hydrogen-bond donors (Lipinski definition) is 2. The highest BCUT2D eigenvalue weighted by Gasteiger charge is 2.17. The summed E-state index contributed by atoms with van der Waals surface area (Å²) in [5, 5.41) is 15.5. The van der Waals surface area contributed by atoms with Gasteiger partial charge >= 0.3 is 0 Å². The van der Waals surface area contributed by atoms with Crippen molar-refractivity contribution in [2.75, 3.05) is 20.8 Å². The number of methoxy groups -OCH3 is 2. The van der Waals surface area contributed by atoms with Crippen LogP contribution >= 0.6 is 0 Å². The van der Waals surface area contributed by atoms with Crippen molar-refractivity contribution in [2.24, 2.45) is 0 Å². The first-order valence-corrected chi connectivity index (χ1v) is 8.80. The summed E-state index contributed by atoms with van der Waals surface area (Å²) in [6, 6.07) is 19.0. The molecular formula is C22H23NO4. The summed E-state index contributed by atoms with van der Waals surface area (Å²) in [5.41, 5.74) is 1.26. The van der Waals surface area contributed by atoms with E-state index in [1.54, 1.807) is 18.2 Å². The molecule has 1 amide bonds. The maximum Gasteiger partial charge on any atom is 0.255 e. The molecule has 3 aromatic carbocycles. The van der Waals surface area contributed by atoms with E-state index in [-0.39, 0.29) is 5.91 Å². The second-order valence-corrected chi connectivity index (χ2v) is 6.17. The normalized spacial score (nSPS) is 11.8. The molecule has 3 aromatic rings. The number of para-hydroxylation sites is 1. The molecule has 5 heteroatoms. The molecule has 0 aliphatic rings. The van der Waals surface area contributed by atoms with Crippen LogP contribution in [0.5, 0.6) is 11.5 Å². The number of carbonyl (C=O) groups excluding carboxylic acids is 1. The molecule has 0 aliphatic carbocycles. The maximum atomic E-state index is 12.5. The number of ether oxygens (including phenoxy) is 2. The van der Waals surface area contributed by atoms with E-state index >= 15 is 0 Å². The molecule has 0 heterocycles. The van der Waals surface area contributed by atoms with Crippen molar-refractivity contribution in [3.8, 4) is 11.5 Å². The lowest BCUT2D eigenvalue weighted by Gasteiger charge is -2.15. The Morgan fingerprint density at radius 2 is 1.74 bits per heavy atom. The predicted octanol–water partition coefficient (Wildman–Crippen LogP) is 3.71. The zero-order chi connectivity index (χ0) is 19.2. The number of carbonyl (C=O) groups is 1. The highest BCUT2D eigenvalue weighted by Crippen LogP contribution is 2.30. The molecule has 0 saturated heterocycles. The van der Waals surface area contributed by atoms with Crippen molar-refractivity contribution < 1.29 is 19.4 Å². The first kappa shape index (κ1) is 18.7. The SMILES string of the molecule is COc1cccc(C(=O)NCCC(O)c2cccc3ccccc23)c1OC. The van der Waals surface area contributed by atoms with E-state index in [1.807, 2.05) is 42.5 Å². The molecule has 3 rings (SSSR count). The van der Waals surface area contributed by atoms with Gasteiger partial charge in [0.05, 0.1) is 25.9 Å². The summed E-state index contributed by atoms with van der Waals surface area (Å²) in [5.74, 6) is 0.629. The number of rotatable bonds is 7. The Bertz CT molecular complexity index is 933. The number of benzene rings is 3. The summed E-state index contributed by atoms with van der Waals surface area (Å²) < 4.78 is 10.5. The highest BCUT2D eigenvalue weighted by molar-refractivity contribution is 5.97. The van der Waals surface area contributed by atoms with E-state index in [9.17, 15) is 9.90 Å². The molecule has 5 nitrogen and oxygen atoms in total. The zero-order valence-electron chi connectivity index (χ0n) is 15.4. The first-order valence-electron chi connectivity index (χ1n) is 8.80. The van der Waals surface area contributed by atoms with Gasteiger partial charge in [-0.2, -0.15) is 0 Å². The van der Waals surface area contributed by atoms with Crippen LogP contribution in [0, 0.1) is 0 Å². The number of amides is 1. The lowest BCUT2D eigenvalue weighted by atomic mass is 9.99. The fraction of sp³-hybridized carbons (Fsp3) is 0.227. The fourth-order valence-corrected chi connectivity index (χ4v) is 3.18. The summed E-state index contributed by atoms with van der Waals surface area (Å²) in [6.45, 7) is 0.337. The van der Waals surface area contributed by atoms with Crippen LogP contribution < -0.4 is 14.8 Å². The Labute approximate surface area is 158 Å². The maximum absolute atomic E-state index is 12.5. The minimum atomic E-state index is -0.663. The molecule has 0 fully saturated rings. The number of hydrogen-bond acceptors (Lipinski definition) is 4. The Hall–Kier alpha value is -3.05. The molecule has 0 aliphatic heterocycles. The van der Waals surface area contributed by atoms with Crippen molar-refractivity contribution >= 4 is 16.7 Å². The number of aliphatic hydroxyl groups is 1. The van der Waals surface area contributed by atoms with Gasteiger partial charge in [-0.3, -0.25) is 4.79 Å². The smallest absolute Gasteiger partial charge is 0.255 e. The van der Waals surface area contributed by atoms with Crippen LogP contribution in [-0.4, -0.2) is 31.8 Å². The molecule has 2 N–H and O–H groups in total. The molecule has 1 atom stereocenters. The number of fused-ring (bicyclic) bond motifs is 1. The molecule has 1 unspecified atom stereocenters. The lowest BCUT2D eigenvalue weighted by molar-refractivity contribution is 0.0939. The quantitative estimate of drug-likeness (QED) is 0.670. The van der Waals surface area contributed by atoms with Gasteiger partial charge in [-0.25, -0.2) is 0 Å². The van der Waals surface area contributed by atoms with Crippen molar-refractivity contribution in [1.29, 1.82) is 0 Å². The minimum absolute atomic E-state index is 0.268. The van der Waals surface area contributed by atoms with E-state index in [0.717, 1.165) is 16.3 Å². The Balaban J connectivity index is 1.67. The van der Waals surface area contributed by atoms with Crippen LogP contribution in [0.1, 0.15) is 28.4 Å². The average Bonchev–Trinajstić information content (AvgIpc) is 2.72. The van der Waals surface area contributed by atoms with Gasteiger partial charge in [-0.1, -0.05) is 48.5 Å². The fourth-order valence-electron chi connectivity index (χ4n) is 3.18. The van der Waals surface area contributed by atoms with Crippen LogP contribution in [-0.2, 0) is 0 Å². The molecule has 0 radical (unpaired) electrons. The second kappa shape index (κ2) is 8.56. The summed E-state index contributed by atoms with van der Waals surface area (Å²) in [4.78, 5) is 12.5. The largest absolute Gasteiger partial charge is 0.493 e. The summed E-state index contributed by atoms with van der Waals surface area (Å²) >= 11 is 0. The van der Waals surface area contributed by atoms with E-state index in [2.05, 4.69) is 5.32 Å². The lowest BCUT2D eigenvalue weighted by Crippen LogP contribution is -2.26. The van der Waals surface area contributed by atoms with Crippen LogP contribution in [0.2, 0.25) is 0 Å².